The van der Waals surface area contributed by atoms with E-state index in [0.717, 1.165) is 50.7 Å². The summed E-state index contributed by atoms with van der Waals surface area (Å²) < 4.78 is 5.17. The highest BCUT2D eigenvalue weighted by Crippen LogP contribution is 2.17. The van der Waals surface area contributed by atoms with Gasteiger partial charge in [0.1, 0.15) is 0 Å². The van der Waals surface area contributed by atoms with E-state index in [1.165, 1.54) is 5.57 Å². The maximum Gasteiger partial charge on any atom is 0.151 e. The molecule has 1 aliphatic rings. The minimum absolute atomic E-state index is 0.652. The molecule has 1 aliphatic heterocycles. The Morgan fingerprint density at radius 1 is 1.33 bits per heavy atom. The highest BCUT2D eigenvalue weighted by molar-refractivity contribution is 5.40. The van der Waals surface area contributed by atoms with Crippen molar-refractivity contribution in [2.24, 2.45) is 5.92 Å². The number of methoxy groups -OCH3 is 1. The molecule has 2 heterocycles. The predicted octanol–water partition coefficient (Wildman–Crippen LogP) is 2.01. The van der Waals surface area contributed by atoms with Gasteiger partial charge in [0, 0.05) is 26.7 Å². The fourth-order valence-corrected chi connectivity index (χ4v) is 2.34. The first-order chi connectivity index (χ1) is 10.2. The van der Waals surface area contributed by atoms with Crippen LogP contribution in [0.1, 0.15) is 26.0 Å². The van der Waals surface area contributed by atoms with Crippen LogP contribution in [0.5, 0.6) is 0 Å². The van der Waals surface area contributed by atoms with Crippen molar-refractivity contribution in [1.29, 1.82) is 0 Å². The minimum atomic E-state index is 0.652. The third-order valence-electron chi connectivity index (χ3n) is 3.52. The Morgan fingerprint density at radius 3 is 2.76 bits per heavy atom. The van der Waals surface area contributed by atoms with E-state index in [9.17, 15) is 0 Å². The maximum atomic E-state index is 5.17. The van der Waals surface area contributed by atoms with E-state index in [-0.39, 0.29) is 0 Å². The van der Waals surface area contributed by atoms with Gasteiger partial charge in [-0.25, -0.2) is 0 Å². The largest absolute Gasteiger partial charge is 0.380 e. The van der Waals surface area contributed by atoms with Crippen LogP contribution < -0.4 is 10.2 Å². The summed E-state index contributed by atoms with van der Waals surface area (Å²) in [5.41, 5.74) is 2.36. The number of nitrogens with zero attached hydrogens (tertiary/aromatic N) is 3. The Morgan fingerprint density at radius 2 is 2.19 bits per heavy atom. The number of anilines is 1. The first kappa shape index (κ1) is 15.9. The van der Waals surface area contributed by atoms with Crippen LogP contribution in [0.3, 0.4) is 0 Å². The Hall–Kier alpha value is -1.46. The summed E-state index contributed by atoms with van der Waals surface area (Å²) in [4.78, 5) is 2.25. The molecule has 2 rings (SSSR count). The van der Waals surface area contributed by atoms with E-state index >= 15 is 0 Å². The van der Waals surface area contributed by atoms with Gasteiger partial charge in [-0.1, -0.05) is 19.9 Å². The molecule has 0 aromatic carbocycles. The molecule has 0 radical (unpaired) electrons. The molecule has 0 unspecified atom stereocenters. The summed E-state index contributed by atoms with van der Waals surface area (Å²) in [6.45, 7) is 8.78. The lowest BCUT2D eigenvalue weighted by molar-refractivity contribution is 0.222. The van der Waals surface area contributed by atoms with E-state index < -0.39 is 0 Å². The molecular weight excluding hydrogens is 264 g/mol. The fourth-order valence-electron chi connectivity index (χ4n) is 2.34. The molecule has 5 heteroatoms. The van der Waals surface area contributed by atoms with Gasteiger partial charge in [0.25, 0.3) is 0 Å². The molecule has 0 saturated carbocycles. The Labute approximate surface area is 127 Å². The van der Waals surface area contributed by atoms with Gasteiger partial charge in [-0.3, -0.25) is 0 Å². The summed E-state index contributed by atoms with van der Waals surface area (Å²) >= 11 is 0. The molecule has 116 valence electrons. The average Bonchev–Trinajstić information content (AvgIpc) is 2.49. The van der Waals surface area contributed by atoms with Gasteiger partial charge in [0.15, 0.2) is 5.82 Å². The fraction of sp³-hybridized carbons (Fsp3) is 0.625. The number of hydrogen-bond donors (Lipinski definition) is 1. The van der Waals surface area contributed by atoms with Gasteiger partial charge in [0.2, 0.25) is 0 Å². The van der Waals surface area contributed by atoms with Crippen LogP contribution in [0.2, 0.25) is 0 Å². The van der Waals surface area contributed by atoms with Crippen LogP contribution in [-0.4, -0.2) is 43.5 Å². The molecule has 0 aliphatic carbocycles. The molecule has 0 saturated heterocycles. The lowest BCUT2D eigenvalue weighted by atomic mass is 10.1. The van der Waals surface area contributed by atoms with Crippen LogP contribution in [0, 0.1) is 5.92 Å². The molecular formula is C16H26N4O. The van der Waals surface area contributed by atoms with Gasteiger partial charge in [-0.15, -0.1) is 5.10 Å². The molecule has 1 N–H and O–H groups in total. The van der Waals surface area contributed by atoms with Crippen molar-refractivity contribution < 1.29 is 4.74 Å². The van der Waals surface area contributed by atoms with Gasteiger partial charge in [-0.05, 0) is 36.6 Å². The summed E-state index contributed by atoms with van der Waals surface area (Å²) in [6, 6.07) is 4.12. The second-order valence-electron chi connectivity index (χ2n) is 5.90. The normalized spacial score (nSPS) is 15.4. The first-order valence-corrected chi connectivity index (χ1v) is 7.64. The van der Waals surface area contributed by atoms with Crippen molar-refractivity contribution >= 4 is 5.82 Å². The summed E-state index contributed by atoms with van der Waals surface area (Å²) in [5, 5.41) is 12.0. The third-order valence-corrected chi connectivity index (χ3v) is 3.52. The molecule has 1 aromatic heterocycles. The molecule has 5 nitrogen and oxygen atoms in total. The third kappa shape index (κ3) is 5.10. The molecule has 0 amide bonds. The molecule has 0 spiro atoms. The second-order valence-corrected chi connectivity index (χ2v) is 5.90. The zero-order valence-electron chi connectivity index (χ0n) is 13.3. The number of aromatic nitrogens is 2. The highest BCUT2D eigenvalue weighted by atomic mass is 16.5. The summed E-state index contributed by atoms with van der Waals surface area (Å²) in [5.74, 6) is 1.61. The molecule has 1 aromatic rings. The van der Waals surface area contributed by atoms with Crippen molar-refractivity contribution in [3.63, 3.8) is 0 Å². The van der Waals surface area contributed by atoms with Crippen molar-refractivity contribution in [3.8, 4) is 0 Å². The van der Waals surface area contributed by atoms with E-state index in [0.29, 0.717) is 5.92 Å². The van der Waals surface area contributed by atoms with Crippen LogP contribution in [0.25, 0.3) is 0 Å². The minimum Gasteiger partial charge on any atom is -0.380 e. The zero-order chi connectivity index (χ0) is 15.1. The SMILES string of the molecule is COCC1=CCN(c2ccc(CNCC(C)C)nn2)CC1. The summed E-state index contributed by atoms with van der Waals surface area (Å²) in [6.07, 6.45) is 3.26. The molecule has 21 heavy (non-hydrogen) atoms. The topological polar surface area (TPSA) is 50.3 Å². The Balaban J connectivity index is 1.85. The number of hydrogen-bond acceptors (Lipinski definition) is 5. The Bertz CT molecular complexity index is 456. The lowest BCUT2D eigenvalue weighted by Crippen LogP contribution is -2.30. The van der Waals surface area contributed by atoms with Crippen molar-refractivity contribution in [2.45, 2.75) is 26.8 Å². The van der Waals surface area contributed by atoms with Gasteiger partial charge >= 0.3 is 0 Å². The van der Waals surface area contributed by atoms with E-state index in [4.69, 9.17) is 4.74 Å². The van der Waals surface area contributed by atoms with Crippen molar-refractivity contribution in [1.82, 2.24) is 15.5 Å². The number of nitrogens with one attached hydrogen (secondary N) is 1. The van der Waals surface area contributed by atoms with E-state index in [1.54, 1.807) is 7.11 Å². The van der Waals surface area contributed by atoms with Crippen molar-refractivity contribution in [2.75, 3.05) is 38.3 Å². The highest BCUT2D eigenvalue weighted by Gasteiger charge is 2.13. The van der Waals surface area contributed by atoms with Crippen LogP contribution in [0.15, 0.2) is 23.8 Å². The van der Waals surface area contributed by atoms with Gasteiger partial charge in [-0.2, -0.15) is 5.10 Å². The van der Waals surface area contributed by atoms with Gasteiger partial charge in [0.05, 0.1) is 12.3 Å². The monoisotopic (exact) mass is 290 g/mol. The quantitative estimate of drug-likeness (QED) is 0.778. The molecule has 0 bridgehead atoms. The van der Waals surface area contributed by atoms with Gasteiger partial charge < -0.3 is 15.0 Å². The van der Waals surface area contributed by atoms with Crippen LogP contribution in [0.4, 0.5) is 5.82 Å². The summed E-state index contributed by atoms with van der Waals surface area (Å²) in [7, 11) is 1.74. The lowest BCUT2D eigenvalue weighted by Gasteiger charge is -2.26. The van der Waals surface area contributed by atoms with E-state index in [1.807, 2.05) is 0 Å². The predicted molar refractivity (Wildman–Crippen MR) is 85.4 cm³/mol. The zero-order valence-corrected chi connectivity index (χ0v) is 13.3. The van der Waals surface area contributed by atoms with Crippen LogP contribution in [-0.2, 0) is 11.3 Å². The number of ether oxygens (including phenoxy) is 1. The van der Waals surface area contributed by atoms with Crippen LogP contribution >= 0.6 is 0 Å². The Kier molecular flexibility index (Phi) is 6.14. The number of rotatable bonds is 7. The second kappa shape index (κ2) is 8.10. The molecule has 0 atom stereocenters. The first-order valence-electron chi connectivity index (χ1n) is 7.64. The van der Waals surface area contributed by atoms with Crippen molar-refractivity contribution in [3.05, 3.63) is 29.5 Å². The standard InChI is InChI=1S/C16H26N4O/c1-13(2)10-17-11-15-4-5-16(19-18-15)20-8-6-14(7-9-20)12-21-3/h4-6,13,17H,7-12H2,1-3H3. The van der Waals surface area contributed by atoms with E-state index in [2.05, 4.69) is 52.5 Å². The average molecular weight is 290 g/mol. The smallest absolute Gasteiger partial charge is 0.151 e. The molecule has 0 fully saturated rings. The maximum absolute atomic E-state index is 5.17.